The molecule has 1 rings (SSSR count). The van der Waals surface area contributed by atoms with E-state index in [1.54, 1.807) is 26.8 Å². The van der Waals surface area contributed by atoms with Crippen LogP contribution in [0.3, 0.4) is 0 Å². The van der Waals surface area contributed by atoms with E-state index >= 15 is 0 Å². The Morgan fingerprint density at radius 2 is 1.94 bits per heavy atom. The smallest absolute Gasteiger partial charge is 0.266 e. The first-order valence-electron chi connectivity index (χ1n) is 6.06. The highest BCUT2D eigenvalue weighted by atomic mass is 19.2. The molecule has 0 atom stereocenters. The standard InChI is InChI=1S/C14H19F2NO/c1-5-6-10-7-8-11(15)9-12(10)13(18)17(16)14(2,3)4/h7-9H,5-6H2,1-4H3. The lowest BCUT2D eigenvalue weighted by molar-refractivity contribution is -0.0323. The van der Waals surface area contributed by atoms with E-state index in [0.717, 1.165) is 12.5 Å². The normalized spacial score (nSPS) is 11.4. The molecule has 0 fully saturated rings. The van der Waals surface area contributed by atoms with Crippen molar-refractivity contribution in [3.63, 3.8) is 0 Å². The number of halogens is 2. The van der Waals surface area contributed by atoms with Gasteiger partial charge in [-0.15, -0.1) is 0 Å². The lowest BCUT2D eigenvalue weighted by Gasteiger charge is -2.27. The Labute approximate surface area is 107 Å². The van der Waals surface area contributed by atoms with Crippen LogP contribution in [0.1, 0.15) is 50.0 Å². The lowest BCUT2D eigenvalue weighted by atomic mass is 10.0. The molecule has 0 aliphatic carbocycles. The second-order valence-electron chi connectivity index (χ2n) is 5.31. The fraction of sp³-hybridized carbons (Fsp3) is 0.500. The van der Waals surface area contributed by atoms with Gasteiger partial charge >= 0.3 is 0 Å². The molecule has 0 radical (unpaired) electrons. The number of rotatable bonds is 3. The molecular formula is C14H19F2NO. The van der Waals surface area contributed by atoms with E-state index in [2.05, 4.69) is 0 Å². The van der Waals surface area contributed by atoms with E-state index in [1.807, 2.05) is 6.92 Å². The number of aryl methyl sites for hydroxylation is 1. The zero-order chi connectivity index (χ0) is 13.9. The van der Waals surface area contributed by atoms with Gasteiger partial charge < -0.3 is 0 Å². The summed E-state index contributed by atoms with van der Waals surface area (Å²) in [5.41, 5.74) is -0.155. The highest BCUT2D eigenvalue weighted by Crippen LogP contribution is 2.21. The highest BCUT2D eigenvalue weighted by Gasteiger charge is 2.29. The first-order valence-corrected chi connectivity index (χ1v) is 6.06. The number of amides is 1. The average Bonchev–Trinajstić information content (AvgIpc) is 2.28. The van der Waals surface area contributed by atoms with E-state index in [-0.39, 0.29) is 10.7 Å². The van der Waals surface area contributed by atoms with Crippen molar-refractivity contribution in [2.24, 2.45) is 0 Å². The molecule has 4 heteroatoms. The lowest BCUT2D eigenvalue weighted by Crippen LogP contribution is -2.39. The van der Waals surface area contributed by atoms with Crippen LogP contribution in [0.2, 0.25) is 0 Å². The summed E-state index contributed by atoms with van der Waals surface area (Å²) in [4.78, 5) is 12.0. The van der Waals surface area contributed by atoms with Crippen LogP contribution in [0.4, 0.5) is 8.87 Å². The molecule has 1 amide bonds. The Morgan fingerprint density at radius 1 is 1.33 bits per heavy atom. The fourth-order valence-electron chi connectivity index (χ4n) is 1.65. The number of carbonyl (C=O) groups is 1. The Bertz CT molecular complexity index is 438. The van der Waals surface area contributed by atoms with Crippen molar-refractivity contribution in [2.45, 2.75) is 46.1 Å². The van der Waals surface area contributed by atoms with Crippen LogP contribution in [0.15, 0.2) is 18.2 Å². The van der Waals surface area contributed by atoms with E-state index in [4.69, 9.17) is 0 Å². The molecule has 1 aromatic carbocycles. The largest absolute Gasteiger partial charge is 0.282 e. The molecule has 0 aliphatic heterocycles. The van der Waals surface area contributed by atoms with Gasteiger partial charge in [0.2, 0.25) is 0 Å². The molecule has 0 bridgehead atoms. The van der Waals surface area contributed by atoms with Gasteiger partial charge in [-0.25, -0.2) is 4.39 Å². The summed E-state index contributed by atoms with van der Waals surface area (Å²) < 4.78 is 27.1. The molecule has 1 aromatic rings. The summed E-state index contributed by atoms with van der Waals surface area (Å²) in [6.07, 6.45) is 1.44. The fourth-order valence-corrected chi connectivity index (χ4v) is 1.65. The van der Waals surface area contributed by atoms with E-state index in [9.17, 15) is 13.7 Å². The summed E-state index contributed by atoms with van der Waals surface area (Å²) in [6.45, 7) is 6.71. The van der Waals surface area contributed by atoms with Crippen LogP contribution in [0, 0.1) is 5.82 Å². The summed E-state index contributed by atoms with van der Waals surface area (Å²) in [5, 5.41) is 0.154. The number of carbonyl (C=O) groups excluding carboxylic acids is 1. The van der Waals surface area contributed by atoms with Crippen LogP contribution >= 0.6 is 0 Å². The summed E-state index contributed by atoms with van der Waals surface area (Å²) in [6, 6.07) is 3.94. The van der Waals surface area contributed by atoms with Gasteiger partial charge in [0.15, 0.2) is 0 Å². The zero-order valence-corrected chi connectivity index (χ0v) is 11.3. The van der Waals surface area contributed by atoms with E-state index < -0.39 is 17.3 Å². The van der Waals surface area contributed by atoms with E-state index in [1.165, 1.54) is 6.07 Å². The van der Waals surface area contributed by atoms with Gasteiger partial charge in [-0.3, -0.25) is 4.79 Å². The Hall–Kier alpha value is -1.45. The van der Waals surface area contributed by atoms with Crippen molar-refractivity contribution in [2.75, 3.05) is 0 Å². The maximum Gasteiger partial charge on any atom is 0.282 e. The summed E-state index contributed by atoms with van der Waals surface area (Å²) in [7, 11) is 0. The SMILES string of the molecule is CCCc1ccc(F)cc1C(=O)N(F)C(C)(C)C. The molecule has 0 spiro atoms. The Balaban J connectivity index is 3.15. The van der Waals surface area contributed by atoms with Gasteiger partial charge in [-0.2, -0.15) is 5.12 Å². The second kappa shape index (κ2) is 5.46. The van der Waals surface area contributed by atoms with Crippen molar-refractivity contribution in [3.8, 4) is 0 Å². The van der Waals surface area contributed by atoms with Crippen molar-refractivity contribution in [1.82, 2.24) is 5.12 Å². The molecule has 0 saturated heterocycles. The minimum atomic E-state index is -0.938. The predicted molar refractivity (Wildman–Crippen MR) is 67.4 cm³/mol. The average molecular weight is 255 g/mol. The molecule has 18 heavy (non-hydrogen) atoms. The van der Waals surface area contributed by atoms with Crippen molar-refractivity contribution >= 4 is 5.91 Å². The van der Waals surface area contributed by atoms with Crippen LogP contribution < -0.4 is 0 Å². The number of benzene rings is 1. The quantitative estimate of drug-likeness (QED) is 0.750. The second-order valence-corrected chi connectivity index (χ2v) is 5.31. The summed E-state index contributed by atoms with van der Waals surface area (Å²) in [5.74, 6) is -1.31. The topological polar surface area (TPSA) is 20.3 Å². The third-order valence-electron chi connectivity index (χ3n) is 2.59. The monoisotopic (exact) mass is 255 g/mol. The number of hydrogen-bond acceptors (Lipinski definition) is 1. The minimum Gasteiger partial charge on any atom is -0.266 e. The number of hydrogen-bond donors (Lipinski definition) is 0. The minimum absolute atomic E-state index is 0.106. The molecular weight excluding hydrogens is 236 g/mol. The molecule has 0 aliphatic rings. The first kappa shape index (κ1) is 14.6. The molecule has 0 saturated carbocycles. The third kappa shape index (κ3) is 3.28. The first-order chi connectivity index (χ1) is 8.27. The number of nitrogens with zero attached hydrogens (tertiary/aromatic N) is 1. The van der Waals surface area contributed by atoms with Gasteiger partial charge in [-0.1, -0.05) is 23.9 Å². The van der Waals surface area contributed by atoms with Crippen molar-refractivity contribution < 1.29 is 13.7 Å². The molecule has 0 unspecified atom stereocenters. The Kier molecular flexibility index (Phi) is 4.43. The van der Waals surface area contributed by atoms with Gasteiger partial charge in [0.05, 0.1) is 5.54 Å². The van der Waals surface area contributed by atoms with Gasteiger partial charge in [-0.05, 0) is 44.9 Å². The molecule has 0 heterocycles. The van der Waals surface area contributed by atoms with Crippen LogP contribution in [-0.2, 0) is 6.42 Å². The van der Waals surface area contributed by atoms with Crippen LogP contribution in [0.5, 0.6) is 0 Å². The van der Waals surface area contributed by atoms with Gasteiger partial charge in [0, 0.05) is 5.56 Å². The van der Waals surface area contributed by atoms with Crippen molar-refractivity contribution in [1.29, 1.82) is 0 Å². The maximum atomic E-state index is 13.9. The molecule has 0 N–H and O–H groups in total. The molecule has 0 aromatic heterocycles. The maximum absolute atomic E-state index is 13.9. The van der Waals surface area contributed by atoms with Gasteiger partial charge in [0.1, 0.15) is 5.82 Å². The van der Waals surface area contributed by atoms with Crippen molar-refractivity contribution in [3.05, 3.63) is 35.1 Å². The Morgan fingerprint density at radius 3 is 2.44 bits per heavy atom. The third-order valence-corrected chi connectivity index (χ3v) is 2.59. The van der Waals surface area contributed by atoms with Crippen LogP contribution in [0.25, 0.3) is 0 Å². The predicted octanol–water partition coefficient (Wildman–Crippen LogP) is 3.90. The molecule has 2 nitrogen and oxygen atoms in total. The van der Waals surface area contributed by atoms with E-state index in [0.29, 0.717) is 12.0 Å². The highest BCUT2D eigenvalue weighted by molar-refractivity contribution is 5.95. The summed E-state index contributed by atoms with van der Waals surface area (Å²) >= 11 is 0. The van der Waals surface area contributed by atoms with Gasteiger partial charge in [0.25, 0.3) is 5.91 Å². The molecule has 100 valence electrons. The van der Waals surface area contributed by atoms with Crippen LogP contribution in [-0.4, -0.2) is 16.6 Å². The zero-order valence-electron chi connectivity index (χ0n) is 11.3.